The van der Waals surface area contributed by atoms with Crippen LogP contribution in [0.1, 0.15) is 18.7 Å². The predicted octanol–water partition coefficient (Wildman–Crippen LogP) is 2.36. The van der Waals surface area contributed by atoms with Crippen LogP contribution in [0.3, 0.4) is 0 Å². The van der Waals surface area contributed by atoms with E-state index in [0.29, 0.717) is 0 Å². The summed E-state index contributed by atoms with van der Waals surface area (Å²) >= 11 is 3.36. The maximum atomic E-state index is 4.27. The lowest BCUT2D eigenvalue weighted by atomic mass is 10.4. The van der Waals surface area contributed by atoms with Crippen molar-refractivity contribution < 1.29 is 0 Å². The lowest BCUT2D eigenvalue weighted by molar-refractivity contribution is 0.610. The van der Waals surface area contributed by atoms with Gasteiger partial charge < -0.3 is 4.57 Å². The Morgan fingerprint density at radius 3 is 2.91 bits per heavy atom. The molecule has 0 radical (unpaired) electrons. The largest absolute Gasteiger partial charge is 0.334 e. The number of rotatable bonds is 2. The normalized spacial score (nSPS) is 17.3. The minimum Gasteiger partial charge on any atom is -0.334 e. The van der Waals surface area contributed by atoms with Crippen LogP contribution in [0.25, 0.3) is 0 Å². The molecule has 0 saturated heterocycles. The van der Waals surface area contributed by atoms with Gasteiger partial charge >= 0.3 is 0 Å². The zero-order valence-electron chi connectivity index (χ0n) is 6.55. The van der Waals surface area contributed by atoms with E-state index < -0.39 is 0 Å². The van der Waals surface area contributed by atoms with Crippen molar-refractivity contribution in [3.05, 3.63) is 16.6 Å². The molecule has 11 heavy (non-hydrogen) atoms. The molecule has 3 heteroatoms. The first-order valence-corrected chi connectivity index (χ1v) is 4.74. The SMILES string of the molecule is Cc1nc(Br)cn1CC1CC1. The van der Waals surface area contributed by atoms with E-state index in [9.17, 15) is 0 Å². The molecule has 0 amide bonds. The lowest BCUT2D eigenvalue weighted by Gasteiger charge is -2.00. The molecule has 0 bridgehead atoms. The van der Waals surface area contributed by atoms with Crippen LogP contribution >= 0.6 is 15.9 Å². The van der Waals surface area contributed by atoms with Crippen molar-refractivity contribution in [1.29, 1.82) is 0 Å². The summed E-state index contributed by atoms with van der Waals surface area (Å²) in [4.78, 5) is 4.27. The number of aromatic nitrogens is 2. The van der Waals surface area contributed by atoms with Crippen LogP contribution < -0.4 is 0 Å². The van der Waals surface area contributed by atoms with Crippen molar-refractivity contribution in [2.45, 2.75) is 26.3 Å². The highest BCUT2D eigenvalue weighted by Gasteiger charge is 2.22. The Morgan fingerprint density at radius 2 is 2.45 bits per heavy atom. The second-order valence-corrected chi connectivity index (χ2v) is 4.02. The zero-order valence-corrected chi connectivity index (χ0v) is 8.13. The molecule has 0 spiro atoms. The van der Waals surface area contributed by atoms with Gasteiger partial charge in [-0.05, 0) is 41.6 Å². The molecule has 0 atom stereocenters. The number of aryl methyl sites for hydroxylation is 1. The van der Waals surface area contributed by atoms with E-state index in [0.717, 1.165) is 22.9 Å². The highest BCUT2D eigenvalue weighted by atomic mass is 79.9. The Kier molecular flexibility index (Phi) is 1.75. The molecule has 1 aromatic heterocycles. The van der Waals surface area contributed by atoms with E-state index in [-0.39, 0.29) is 0 Å². The summed E-state index contributed by atoms with van der Waals surface area (Å²) in [5, 5.41) is 0. The zero-order chi connectivity index (χ0) is 7.84. The molecule has 2 rings (SSSR count). The summed E-state index contributed by atoms with van der Waals surface area (Å²) < 4.78 is 3.18. The van der Waals surface area contributed by atoms with E-state index >= 15 is 0 Å². The second-order valence-electron chi connectivity index (χ2n) is 3.21. The summed E-state index contributed by atoms with van der Waals surface area (Å²) in [5.74, 6) is 2.04. The third-order valence-electron chi connectivity index (χ3n) is 2.10. The minimum absolute atomic E-state index is 0.926. The quantitative estimate of drug-likeness (QED) is 0.740. The molecule has 1 aliphatic carbocycles. The summed E-state index contributed by atoms with van der Waals surface area (Å²) in [6, 6.07) is 0. The predicted molar refractivity (Wildman–Crippen MR) is 47.4 cm³/mol. The average Bonchev–Trinajstić information content (AvgIpc) is 2.64. The number of hydrogen-bond donors (Lipinski definition) is 0. The molecule has 60 valence electrons. The van der Waals surface area contributed by atoms with Crippen molar-refractivity contribution in [3.8, 4) is 0 Å². The van der Waals surface area contributed by atoms with E-state index in [4.69, 9.17) is 0 Å². The maximum absolute atomic E-state index is 4.27. The maximum Gasteiger partial charge on any atom is 0.124 e. The number of halogens is 1. The smallest absolute Gasteiger partial charge is 0.124 e. The molecule has 1 heterocycles. The van der Waals surface area contributed by atoms with Crippen molar-refractivity contribution >= 4 is 15.9 Å². The lowest BCUT2D eigenvalue weighted by Crippen LogP contribution is -1.99. The van der Waals surface area contributed by atoms with Gasteiger partial charge in [-0.25, -0.2) is 4.98 Å². The van der Waals surface area contributed by atoms with Gasteiger partial charge in [0.1, 0.15) is 10.4 Å². The van der Waals surface area contributed by atoms with Crippen LogP contribution in [0.2, 0.25) is 0 Å². The van der Waals surface area contributed by atoms with Crippen LogP contribution in [-0.2, 0) is 6.54 Å². The number of hydrogen-bond acceptors (Lipinski definition) is 1. The molecular weight excluding hydrogens is 204 g/mol. The molecule has 0 aromatic carbocycles. The Balaban J connectivity index is 2.14. The summed E-state index contributed by atoms with van der Waals surface area (Å²) in [6.07, 6.45) is 4.86. The van der Waals surface area contributed by atoms with Crippen LogP contribution in [0.4, 0.5) is 0 Å². The van der Waals surface area contributed by atoms with Gasteiger partial charge in [0.15, 0.2) is 0 Å². The molecular formula is C8H11BrN2. The van der Waals surface area contributed by atoms with Crippen LogP contribution in [-0.4, -0.2) is 9.55 Å². The molecule has 1 saturated carbocycles. The van der Waals surface area contributed by atoms with E-state index in [2.05, 4.69) is 31.7 Å². The molecule has 1 aromatic rings. The molecule has 2 nitrogen and oxygen atoms in total. The van der Waals surface area contributed by atoms with Crippen molar-refractivity contribution in [3.63, 3.8) is 0 Å². The van der Waals surface area contributed by atoms with Crippen LogP contribution in [0.5, 0.6) is 0 Å². The van der Waals surface area contributed by atoms with Gasteiger partial charge in [-0.15, -0.1) is 0 Å². The van der Waals surface area contributed by atoms with Crippen molar-refractivity contribution in [2.75, 3.05) is 0 Å². The Bertz CT molecular complexity index is 263. The fourth-order valence-electron chi connectivity index (χ4n) is 1.23. The molecule has 0 unspecified atom stereocenters. The Morgan fingerprint density at radius 1 is 1.73 bits per heavy atom. The van der Waals surface area contributed by atoms with Gasteiger partial charge in [0.2, 0.25) is 0 Å². The molecule has 0 N–H and O–H groups in total. The first-order valence-electron chi connectivity index (χ1n) is 3.95. The first-order chi connectivity index (χ1) is 5.25. The fraction of sp³-hybridized carbons (Fsp3) is 0.625. The monoisotopic (exact) mass is 214 g/mol. The van der Waals surface area contributed by atoms with E-state index in [1.54, 1.807) is 0 Å². The van der Waals surface area contributed by atoms with Gasteiger partial charge in [-0.2, -0.15) is 0 Å². The Hall–Kier alpha value is -0.310. The highest BCUT2D eigenvalue weighted by molar-refractivity contribution is 9.10. The summed E-state index contributed by atoms with van der Waals surface area (Å²) in [5.41, 5.74) is 0. The molecule has 0 aliphatic heterocycles. The van der Waals surface area contributed by atoms with Gasteiger partial charge in [0, 0.05) is 12.7 Å². The van der Waals surface area contributed by atoms with Gasteiger partial charge in [0.25, 0.3) is 0 Å². The molecule has 1 fully saturated rings. The first kappa shape index (κ1) is 7.35. The third kappa shape index (κ3) is 1.64. The minimum atomic E-state index is 0.926. The summed E-state index contributed by atoms with van der Waals surface area (Å²) in [7, 11) is 0. The van der Waals surface area contributed by atoms with E-state index in [1.165, 1.54) is 12.8 Å². The van der Waals surface area contributed by atoms with Gasteiger partial charge in [-0.3, -0.25) is 0 Å². The number of imidazole rings is 1. The summed E-state index contributed by atoms with van der Waals surface area (Å²) in [6.45, 7) is 3.21. The average molecular weight is 215 g/mol. The van der Waals surface area contributed by atoms with E-state index in [1.807, 2.05) is 6.92 Å². The fourth-order valence-corrected chi connectivity index (χ4v) is 1.74. The molecule has 1 aliphatic rings. The highest BCUT2D eigenvalue weighted by Crippen LogP contribution is 2.31. The second kappa shape index (κ2) is 2.63. The van der Waals surface area contributed by atoms with Crippen molar-refractivity contribution in [1.82, 2.24) is 9.55 Å². The van der Waals surface area contributed by atoms with Crippen molar-refractivity contribution in [2.24, 2.45) is 5.92 Å². The number of nitrogens with zero attached hydrogens (tertiary/aromatic N) is 2. The third-order valence-corrected chi connectivity index (χ3v) is 2.48. The van der Waals surface area contributed by atoms with Crippen LogP contribution in [0, 0.1) is 12.8 Å². The van der Waals surface area contributed by atoms with Gasteiger partial charge in [-0.1, -0.05) is 0 Å². The van der Waals surface area contributed by atoms with Crippen LogP contribution in [0.15, 0.2) is 10.8 Å². The van der Waals surface area contributed by atoms with Gasteiger partial charge in [0.05, 0.1) is 0 Å². The Labute approximate surface area is 74.8 Å². The standard InChI is InChI=1S/C8H11BrN2/c1-6-10-8(9)5-11(6)4-7-2-3-7/h5,7H,2-4H2,1H3. The topological polar surface area (TPSA) is 17.8 Å².